The van der Waals surface area contributed by atoms with Crippen LogP contribution in [0, 0.1) is 5.92 Å². The molecule has 0 aromatic rings. The van der Waals surface area contributed by atoms with Crippen molar-refractivity contribution in [1.82, 2.24) is 4.90 Å². The molecule has 0 bridgehead atoms. The van der Waals surface area contributed by atoms with E-state index in [1.165, 1.54) is 4.90 Å². The van der Waals surface area contributed by atoms with Crippen molar-refractivity contribution in [2.24, 2.45) is 5.92 Å². The normalized spacial score (nSPS) is 31.6. The highest BCUT2D eigenvalue weighted by molar-refractivity contribution is 5.86. The Kier molecular flexibility index (Phi) is 4.01. The molecule has 0 aromatic heterocycles. The van der Waals surface area contributed by atoms with Crippen molar-refractivity contribution in [2.75, 3.05) is 13.7 Å². The molecule has 5 nitrogen and oxygen atoms in total. The minimum Gasteiger partial charge on any atom is -0.480 e. The maximum absolute atomic E-state index is 12.3. The number of likely N-dealkylation sites (tertiary alicyclic amines) is 1. The molecule has 2 aliphatic rings. The molecule has 5 heteroatoms. The lowest BCUT2D eigenvalue weighted by Crippen LogP contribution is -2.43. The third-order valence-corrected chi connectivity index (χ3v) is 3.78. The Morgan fingerprint density at radius 3 is 2.72 bits per heavy atom. The van der Waals surface area contributed by atoms with Gasteiger partial charge in [-0.15, -0.1) is 0 Å². The summed E-state index contributed by atoms with van der Waals surface area (Å²) in [6.45, 7) is 0.395. The lowest BCUT2D eigenvalue weighted by molar-refractivity contribution is -0.150. The average Bonchev–Trinajstić information content (AvgIpc) is 2.83. The van der Waals surface area contributed by atoms with Gasteiger partial charge in [-0.25, -0.2) is 4.79 Å². The van der Waals surface area contributed by atoms with Gasteiger partial charge in [0.05, 0.1) is 6.10 Å². The van der Waals surface area contributed by atoms with Gasteiger partial charge in [0, 0.05) is 26.0 Å². The Labute approximate surface area is 106 Å². The molecule has 18 heavy (non-hydrogen) atoms. The summed E-state index contributed by atoms with van der Waals surface area (Å²) in [7, 11) is 1.56. The summed E-state index contributed by atoms with van der Waals surface area (Å²) in [5, 5.41) is 9.18. The van der Waals surface area contributed by atoms with Crippen LogP contribution in [0.4, 0.5) is 0 Å². The first kappa shape index (κ1) is 13.1. The SMILES string of the molecule is COC1CC(C(=O)O)N(C(=O)C2CC=CCC2)C1. The lowest BCUT2D eigenvalue weighted by Gasteiger charge is -2.27. The van der Waals surface area contributed by atoms with Crippen LogP contribution < -0.4 is 0 Å². The molecule has 1 saturated heterocycles. The maximum atomic E-state index is 12.3. The largest absolute Gasteiger partial charge is 0.480 e. The van der Waals surface area contributed by atoms with Crippen LogP contribution in [0.15, 0.2) is 12.2 Å². The highest BCUT2D eigenvalue weighted by Gasteiger charge is 2.41. The van der Waals surface area contributed by atoms with Crippen LogP contribution in [-0.2, 0) is 14.3 Å². The number of carbonyl (C=O) groups is 2. The highest BCUT2D eigenvalue weighted by Crippen LogP contribution is 2.27. The number of amides is 1. The molecule has 1 aliphatic heterocycles. The molecular formula is C13H19NO4. The number of aliphatic carboxylic acids is 1. The maximum Gasteiger partial charge on any atom is 0.326 e. The van der Waals surface area contributed by atoms with E-state index in [2.05, 4.69) is 6.08 Å². The standard InChI is InChI=1S/C13H19NO4/c1-18-10-7-11(13(16)17)14(8-10)12(15)9-5-3-2-4-6-9/h2-3,9-11H,4-8H2,1H3,(H,16,17). The molecule has 3 unspecified atom stereocenters. The van der Waals surface area contributed by atoms with E-state index < -0.39 is 12.0 Å². The van der Waals surface area contributed by atoms with Crippen LogP contribution in [-0.4, -0.2) is 47.7 Å². The van der Waals surface area contributed by atoms with E-state index in [9.17, 15) is 14.7 Å². The summed E-state index contributed by atoms with van der Waals surface area (Å²) in [6, 6.07) is -0.728. The fourth-order valence-corrected chi connectivity index (χ4v) is 2.70. The first-order valence-corrected chi connectivity index (χ1v) is 6.34. The van der Waals surface area contributed by atoms with Gasteiger partial charge in [0.15, 0.2) is 0 Å². The minimum atomic E-state index is -0.936. The van der Waals surface area contributed by atoms with Crippen molar-refractivity contribution in [3.63, 3.8) is 0 Å². The Hall–Kier alpha value is -1.36. The van der Waals surface area contributed by atoms with Gasteiger partial charge >= 0.3 is 5.97 Å². The number of ether oxygens (including phenoxy) is 1. The van der Waals surface area contributed by atoms with Crippen LogP contribution in [0.25, 0.3) is 0 Å². The zero-order valence-corrected chi connectivity index (χ0v) is 10.5. The summed E-state index contributed by atoms with van der Waals surface area (Å²) in [5.74, 6) is -1.03. The number of nitrogens with zero attached hydrogens (tertiary/aromatic N) is 1. The number of carboxylic acid groups (broad SMARTS) is 1. The Morgan fingerprint density at radius 2 is 2.17 bits per heavy atom. The molecule has 0 aromatic carbocycles. The van der Waals surface area contributed by atoms with Crippen molar-refractivity contribution >= 4 is 11.9 Å². The second-order valence-electron chi connectivity index (χ2n) is 4.92. The predicted molar refractivity (Wildman–Crippen MR) is 65.0 cm³/mol. The number of methoxy groups -OCH3 is 1. The third kappa shape index (κ3) is 2.56. The zero-order chi connectivity index (χ0) is 13.1. The molecule has 100 valence electrons. The number of hydrogen-bond acceptors (Lipinski definition) is 3. The van der Waals surface area contributed by atoms with Crippen molar-refractivity contribution < 1.29 is 19.4 Å². The van der Waals surface area contributed by atoms with Crippen molar-refractivity contribution in [3.05, 3.63) is 12.2 Å². The molecule has 2 rings (SSSR count). The van der Waals surface area contributed by atoms with Crippen LogP contribution in [0.2, 0.25) is 0 Å². The fourth-order valence-electron chi connectivity index (χ4n) is 2.70. The molecular weight excluding hydrogens is 234 g/mol. The van der Waals surface area contributed by atoms with Crippen molar-refractivity contribution in [3.8, 4) is 0 Å². The van der Waals surface area contributed by atoms with E-state index in [1.54, 1.807) is 7.11 Å². The van der Waals surface area contributed by atoms with Gasteiger partial charge in [-0.1, -0.05) is 12.2 Å². The molecule has 0 saturated carbocycles. The predicted octanol–water partition coefficient (Wildman–Crippen LogP) is 1.04. The van der Waals surface area contributed by atoms with E-state index in [1.807, 2.05) is 6.08 Å². The van der Waals surface area contributed by atoms with Crippen LogP contribution in [0.1, 0.15) is 25.7 Å². The van der Waals surface area contributed by atoms with Gasteiger partial charge in [-0.3, -0.25) is 4.79 Å². The summed E-state index contributed by atoms with van der Waals surface area (Å²) < 4.78 is 5.19. The van der Waals surface area contributed by atoms with Crippen molar-refractivity contribution in [1.29, 1.82) is 0 Å². The molecule has 3 atom stereocenters. The van der Waals surface area contributed by atoms with Gasteiger partial charge < -0.3 is 14.7 Å². The topological polar surface area (TPSA) is 66.8 Å². The number of rotatable bonds is 3. The van der Waals surface area contributed by atoms with Crippen LogP contribution in [0.3, 0.4) is 0 Å². The smallest absolute Gasteiger partial charge is 0.326 e. The van der Waals surface area contributed by atoms with E-state index >= 15 is 0 Å². The molecule has 0 radical (unpaired) electrons. The van der Waals surface area contributed by atoms with Gasteiger partial charge in [0.2, 0.25) is 5.91 Å². The molecule has 1 heterocycles. The molecule has 1 aliphatic carbocycles. The fraction of sp³-hybridized carbons (Fsp3) is 0.692. The summed E-state index contributed by atoms with van der Waals surface area (Å²) in [4.78, 5) is 25.0. The number of hydrogen-bond donors (Lipinski definition) is 1. The molecule has 1 fully saturated rings. The van der Waals surface area contributed by atoms with Crippen molar-refractivity contribution in [2.45, 2.75) is 37.8 Å². The quantitative estimate of drug-likeness (QED) is 0.763. The minimum absolute atomic E-state index is 0.0358. The summed E-state index contributed by atoms with van der Waals surface area (Å²) >= 11 is 0. The Balaban J connectivity index is 2.07. The highest BCUT2D eigenvalue weighted by atomic mass is 16.5. The summed E-state index contributed by atoms with van der Waals surface area (Å²) in [5.41, 5.74) is 0. The average molecular weight is 253 g/mol. The first-order valence-electron chi connectivity index (χ1n) is 6.34. The molecule has 1 amide bonds. The number of allylic oxidation sites excluding steroid dienone is 2. The lowest BCUT2D eigenvalue weighted by atomic mass is 9.93. The first-order chi connectivity index (χ1) is 8.63. The van der Waals surface area contributed by atoms with Gasteiger partial charge in [-0.05, 0) is 19.3 Å². The van der Waals surface area contributed by atoms with E-state index in [4.69, 9.17) is 4.74 Å². The van der Waals surface area contributed by atoms with Gasteiger partial charge in [-0.2, -0.15) is 0 Å². The van der Waals surface area contributed by atoms with Crippen LogP contribution >= 0.6 is 0 Å². The van der Waals surface area contributed by atoms with E-state index in [-0.39, 0.29) is 17.9 Å². The number of carbonyl (C=O) groups excluding carboxylic acids is 1. The van der Waals surface area contributed by atoms with Crippen LogP contribution in [0.5, 0.6) is 0 Å². The summed E-state index contributed by atoms with van der Waals surface area (Å²) in [6.07, 6.45) is 6.74. The molecule has 1 N–H and O–H groups in total. The third-order valence-electron chi connectivity index (χ3n) is 3.78. The zero-order valence-electron chi connectivity index (χ0n) is 10.5. The number of carboxylic acids is 1. The second-order valence-corrected chi connectivity index (χ2v) is 4.92. The van der Waals surface area contributed by atoms with E-state index in [0.29, 0.717) is 13.0 Å². The Morgan fingerprint density at radius 1 is 1.39 bits per heavy atom. The monoisotopic (exact) mass is 253 g/mol. The Bertz CT molecular complexity index is 366. The van der Waals surface area contributed by atoms with Gasteiger partial charge in [0.1, 0.15) is 6.04 Å². The second kappa shape index (κ2) is 5.52. The molecule has 0 spiro atoms. The van der Waals surface area contributed by atoms with Gasteiger partial charge in [0.25, 0.3) is 0 Å². The van der Waals surface area contributed by atoms with E-state index in [0.717, 1.165) is 19.3 Å².